The minimum Gasteiger partial charge on any atom is -0.369 e. The van der Waals surface area contributed by atoms with Gasteiger partial charge in [-0.1, -0.05) is 39.0 Å². The summed E-state index contributed by atoms with van der Waals surface area (Å²) in [5, 5.41) is 3.60. The summed E-state index contributed by atoms with van der Waals surface area (Å²) in [4.78, 5) is 2.52. The summed E-state index contributed by atoms with van der Waals surface area (Å²) in [6.45, 7) is 13.4. The van der Waals surface area contributed by atoms with E-state index in [0.29, 0.717) is 12.1 Å². The topological polar surface area (TPSA) is 15.3 Å². The Morgan fingerprint density at radius 2 is 1.79 bits per heavy atom. The van der Waals surface area contributed by atoms with Gasteiger partial charge < -0.3 is 10.2 Å². The molecular formula is C17H30N2. The molecule has 0 aromatic heterocycles. The average molecular weight is 262 g/mol. The summed E-state index contributed by atoms with van der Waals surface area (Å²) in [5.74, 6) is 0. The summed E-state index contributed by atoms with van der Waals surface area (Å²) >= 11 is 0. The lowest BCUT2D eigenvalue weighted by molar-refractivity contribution is 0.533. The number of anilines is 1. The molecule has 1 aromatic rings. The van der Waals surface area contributed by atoms with E-state index in [0.717, 1.165) is 19.5 Å². The molecule has 0 spiro atoms. The molecule has 0 saturated carbocycles. The van der Waals surface area contributed by atoms with Crippen LogP contribution < -0.4 is 10.2 Å². The van der Waals surface area contributed by atoms with Gasteiger partial charge in [0.2, 0.25) is 0 Å². The number of hydrogen-bond acceptors (Lipinski definition) is 2. The lowest BCUT2D eigenvalue weighted by Gasteiger charge is -2.32. The Balaban J connectivity index is 3.11. The fourth-order valence-corrected chi connectivity index (χ4v) is 2.66. The van der Waals surface area contributed by atoms with Gasteiger partial charge in [-0.05, 0) is 44.9 Å². The summed E-state index contributed by atoms with van der Waals surface area (Å²) in [7, 11) is 0. The third-order valence-electron chi connectivity index (χ3n) is 3.57. The van der Waals surface area contributed by atoms with Gasteiger partial charge >= 0.3 is 0 Å². The molecule has 19 heavy (non-hydrogen) atoms. The second kappa shape index (κ2) is 8.21. The lowest BCUT2D eigenvalue weighted by atomic mass is 10.0. The highest BCUT2D eigenvalue weighted by atomic mass is 15.2. The smallest absolute Gasteiger partial charge is 0.0417 e. The van der Waals surface area contributed by atoms with Crippen LogP contribution in [0.1, 0.15) is 59.1 Å². The molecule has 0 heterocycles. The standard InChI is InChI=1S/C17H30N2/c1-6-13-19(14(4)5)17-12-10-9-11-15(17)16(7-2)18-8-3/h9-12,14,16,18H,6-8,13H2,1-5H3. The zero-order valence-corrected chi connectivity index (χ0v) is 13.2. The van der Waals surface area contributed by atoms with Crippen molar-refractivity contribution in [1.82, 2.24) is 5.32 Å². The van der Waals surface area contributed by atoms with Crippen LogP contribution in [-0.4, -0.2) is 19.1 Å². The van der Waals surface area contributed by atoms with Gasteiger partial charge in [0.15, 0.2) is 0 Å². The van der Waals surface area contributed by atoms with Crippen LogP contribution in [0, 0.1) is 0 Å². The SMILES string of the molecule is CCCN(c1ccccc1C(CC)NCC)C(C)C. The Bertz CT molecular complexity index is 360. The highest BCUT2D eigenvalue weighted by molar-refractivity contribution is 5.55. The van der Waals surface area contributed by atoms with Crippen LogP contribution in [0.15, 0.2) is 24.3 Å². The van der Waals surface area contributed by atoms with Crippen molar-refractivity contribution >= 4 is 5.69 Å². The quantitative estimate of drug-likeness (QED) is 0.748. The van der Waals surface area contributed by atoms with Crippen LogP contribution >= 0.6 is 0 Å². The van der Waals surface area contributed by atoms with Gasteiger partial charge in [0.1, 0.15) is 0 Å². The average Bonchev–Trinajstić information content (AvgIpc) is 2.42. The zero-order valence-electron chi connectivity index (χ0n) is 13.2. The molecule has 1 rings (SSSR count). The Hall–Kier alpha value is -1.02. The molecule has 1 N–H and O–H groups in total. The third-order valence-corrected chi connectivity index (χ3v) is 3.57. The van der Waals surface area contributed by atoms with E-state index in [1.165, 1.54) is 17.7 Å². The van der Waals surface area contributed by atoms with Crippen LogP contribution in [0.5, 0.6) is 0 Å². The number of hydrogen-bond donors (Lipinski definition) is 1. The second-order valence-corrected chi connectivity index (χ2v) is 5.36. The molecule has 0 saturated heterocycles. The van der Waals surface area contributed by atoms with E-state index in [1.54, 1.807) is 0 Å². The van der Waals surface area contributed by atoms with Crippen LogP contribution in [0.25, 0.3) is 0 Å². The largest absolute Gasteiger partial charge is 0.369 e. The highest BCUT2D eigenvalue weighted by Gasteiger charge is 2.17. The van der Waals surface area contributed by atoms with Gasteiger partial charge in [-0.3, -0.25) is 0 Å². The molecule has 2 nitrogen and oxygen atoms in total. The van der Waals surface area contributed by atoms with Gasteiger partial charge in [-0.2, -0.15) is 0 Å². The Kier molecular flexibility index (Phi) is 6.93. The molecule has 0 radical (unpaired) electrons. The van der Waals surface area contributed by atoms with Crippen molar-refractivity contribution in [1.29, 1.82) is 0 Å². The van der Waals surface area contributed by atoms with Crippen molar-refractivity contribution in [3.63, 3.8) is 0 Å². The predicted octanol–water partition coefficient (Wildman–Crippen LogP) is 4.37. The minimum atomic E-state index is 0.458. The molecule has 0 bridgehead atoms. The summed E-state index contributed by atoms with van der Waals surface area (Å²) in [6, 6.07) is 9.85. The molecule has 1 aromatic carbocycles. The first-order valence-corrected chi connectivity index (χ1v) is 7.74. The Morgan fingerprint density at radius 3 is 2.32 bits per heavy atom. The normalized spacial score (nSPS) is 12.7. The molecule has 0 aliphatic rings. The van der Waals surface area contributed by atoms with Crippen LogP contribution in [0.4, 0.5) is 5.69 Å². The van der Waals surface area contributed by atoms with E-state index in [9.17, 15) is 0 Å². The monoisotopic (exact) mass is 262 g/mol. The number of nitrogens with one attached hydrogen (secondary N) is 1. The zero-order chi connectivity index (χ0) is 14.3. The third kappa shape index (κ3) is 4.24. The van der Waals surface area contributed by atoms with Crippen molar-refractivity contribution in [2.45, 2.75) is 59.5 Å². The molecule has 0 amide bonds. The van der Waals surface area contributed by atoms with Crippen LogP contribution in [0.2, 0.25) is 0 Å². The van der Waals surface area contributed by atoms with E-state index in [2.05, 4.69) is 69.1 Å². The number of para-hydroxylation sites is 1. The fraction of sp³-hybridized carbons (Fsp3) is 0.647. The van der Waals surface area contributed by atoms with Crippen molar-refractivity contribution in [2.24, 2.45) is 0 Å². The van der Waals surface area contributed by atoms with E-state index < -0.39 is 0 Å². The summed E-state index contributed by atoms with van der Waals surface area (Å²) in [5.41, 5.74) is 2.83. The predicted molar refractivity (Wildman–Crippen MR) is 85.9 cm³/mol. The highest BCUT2D eigenvalue weighted by Crippen LogP contribution is 2.29. The van der Waals surface area contributed by atoms with Gasteiger partial charge in [0.25, 0.3) is 0 Å². The number of nitrogens with zero attached hydrogens (tertiary/aromatic N) is 1. The van der Waals surface area contributed by atoms with Gasteiger partial charge in [-0.15, -0.1) is 0 Å². The van der Waals surface area contributed by atoms with Crippen LogP contribution in [-0.2, 0) is 0 Å². The Labute approximate surface area is 119 Å². The number of benzene rings is 1. The van der Waals surface area contributed by atoms with Crippen molar-refractivity contribution in [3.05, 3.63) is 29.8 Å². The van der Waals surface area contributed by atoms with Crippen molar-refractivity contribution in [2.75, 3.05) is 18.0 Å². The first kappa shape index (κ1) is 16.0. The first-order chi connectivity index (χ1) is 9.15. The Morgan fingerprint density at radius 1 is 1.11 bits per heavy atom. The lowest BCUT2D eigenvalue weighted by Crippen LogP contribution is -2.33. The number of rotatable bonds is 8. The van der Waals surface area contributed by atoms with Crippen molar-refractivity contribution < 1.29 is 0 Å². The summed E-state index contributed by atoms with van der Waals surface area (Å²) < 4.78 is 0. The fourth-order valence-electron chi connectivity index (χ4n) is 2.66. The van der Waals surface area contributed by atoms with E-state index >= 15 is 0 Å². The molecule has 2 heteroatoms. The minimum absolute atomic E-state index is 0.458. The van der Waals surface area contributed by atoms with Crippen molar-refractivity contribution in [3.8, 4) is 0 Å². The van der Waals surface area contributed by atoms with E-state index in [-0.39, 0.29) is 0 Å². The maximum absolute atomic E-state index is 3.60. The molecule has 0 aliphatic carbocycles. The molecule has 1 unspecified atom stereocenters. The van der Waals surface area contributed by atoms with Crippen LogP contribution in [0.3, 0.4) is 0 Å². The maximum Gasteiger partial charge on any atom is 0.0417 e. The van der Waals surface area contributed by atoms with Gasteiger partial charge in [-0.25, -0.2) is 0 Å². The maximum atomic E-state index is 3.60. The first-order valence-electron chi connectivity index (χ1n) is 7.74. The van der Waals surface area contributed by atoms with Gasteiger partial charge in [0.05, 0.1) is 0 Å². The van der Waals surface area contributed by atoms with E-state index in [1.807, 2.05) is 0 Å². The molecule has 0 fully saturated rings. The molecular weight excluding hydrogens is 232 g/mol. The van der Waals surface area contributed by atoms with E-state index in [4.69, 9.17) is 0 Å². The summed E-state index contributed by atoms with van der Waals surface area (Å²) in [6.07, 6.45) is 2.31. The molecule has 108 valence electrons. The molecule has 1 atom stereocenters. The molecule has 0 aliphatic heterocycles. The van der Waals surface area contributed by atoms with Gasteiger partial charge in [0, 0.05) is 24.3 Å². The second-order valence-electron chi connectivity index (χ2n) is 5.36.